The zero-order valence-corrected chi connectivity index (χ0v) is 13.8. The van der Waals surface area contributed by atoms with Crippen LogP contribution in [0.1, 0.15) is 22.4 Å². The molecule has 1 heterocycles. The molecular formula is C14H15BrF2N2OS. The second-order valence-electron chi connectivity index (χ2n) is 4.31. The summed E-state index contributed by atoms with van der Waals surface area (Å²) in [5.41, 5.74) is 0.678. The molecule has 0 unspecified atom stereocenters. The third-order valence-corrected chi connectivity index (χ3v) is 4.42. The van der Waals surface area contributed by atoms with Crippen LogP contribution in [-0.4, -0.2) is 11.6 Å². The van der Waals surface area contributed by atoms with Crippen molar-refractivity contribution in [3.63, 3.8) is 0 Å². The minimum absolute atomic E-state index is 0.189. The lowest BCUT2D eigenvalue weighted by Gasteiger charge is -2.11. The van der Waals surface area contributed by atoms with E-state index in [9.17, 15) is 8.78 Å². The highest BCUT2D eigenvalue weighted by atomic mass is 79.9. The number of hydrogen-bond acceptors (Lipinski definition) is 4. The maximum Gasteiger partial charge on any atom is 0.387 e. The van der Waals surface area contributed by atoms with E-state index in [1.54, 1.807) is 23.5 Å². The van der Waals surface area contributed by atoms with E-state index in [0.717, 1.165) is 15.9 Å². The Morgan fingerprint density at radius 2 is 2.19 bits per heavy atom. The molecular weight excluding hydrogens is 362 g/mol. The Balaban J connectivity index is 1.96. The average Bonchev–Trinajstić information content (AvgIpc) is 2.89. The van der Waals surface area contributed by atoms with Crippen molar-refractivity contribution in [3.8, 4) is 5.75 Å². The second kappa shape index (κ2) is 7.82. The first-order valence-corrected chi connectivity index (χ1v) is 8.07. The van der Waals surface area contributed by atoms with Gasteiger partial charge in [-0.1, -0.05) is 22.9 Å². The standard InChI is InChI=1S/C14H15BrF2N2OS/c1-2-11-7-19-13(21-11)8-18-6-9-5-10(15)3-4-12(9)20-14(16)17/h3-5,7,14,18H,2,6,8H2,1H3. The zero-order valence-electron chi connectivity index (χ0n) is 11.4. The molecule has 0 amide bonds. The first kappa shape index (κ1) is 16.3. The minimum atomic E-state index is -2.82. The van der Waals surface area contributed by atoms with Crippen LogP contribution in [0.3, 0.4) is 0 Å². The number of nitrogens with zero attached hydrogens (tertiary/aromatic N) is 1. The lowest BCUT2D eigenvalue weighted by Crippen LogP contribution is -2.14. The molecule has 0 spiro atoms. The van der Waals surface area contributed by atoms with Gasteiger partial charge in [0.15, 0.2) is 0 Å². The van der Waals surface area contributed by atoms with Crippen molar-refractivity contribution >= 4 is 27.3 Å². The van der Waals surface area contributed by atoms with Gasteiger partial charge in [-0.05, 0) is 24.6 Å². The average molecular weight is 377 g/mol. The van der Waals surface area contributed by atoms with E-state index < -0.39 is 6.61 Å². The van der Waals surface area contributed by atoms with Gasteiger partial charge in [0.1, 0.15) is 10.8 Å². The van der Waals surface area contributed by atoms with Crippen LogP contribution in [0.25, 0.3) is 0 Å². The summed E-state index contributed by atoms with van der Waals surface area (Å²) in [5.74, 6) is 0.189. The smallest absolute Gasteiger partial charge is 0.387 e. The molecule has 21 heavy (non-hydrogen) atoms. The molecule has 114 valence electrons. The van der Waals surface area contributed by atoms with Crippen LogP contribution >= 0.6 is 27.3 Å². The number of ether oxygens (including phenoxy) is 1. The van der Waals surface area contributed by atoms with Crippen LogP contribution in [0.4, 0.5) is 8.78 Å². The molecule has 3 nitrogen and oxygen atoms in total. The highest BCUT2D eigenvalue weighted by Gasteiger charge is 2.10. The van der Waals surface area contributed by atoms with E-state index >= 15 is 0 Å². The highest BCUT2D eigenvalue weighted by molar-refractivity contribution is 9.10. The van der Waals surface area contributed by atoms with Gasteiger partial charge in [0.25, 0.3) is 0 Å². The molecule has 0 fully saturated rings. The molecule has 0 saturated carbocycles. The number of hydrogen-bond donors (Lipinski definition) is 1. The van der Waals surface area contributed by atoms with Gasteiger partial charge in [-0.3, -0.25) is 0 Å². The number of halogens is 3. The van der Waals surface area contributed by atoms with Gasteiger partial charge in [-0.25, -0.2) is 4.98 Å². The molecule has 2 rings (SSSR count). The number of benzene rings is 1. The second-order valence-corrected chi connectivity index (χ2v) is 6.42. The Morgan fingerprint density at radius 1 is 1.38 bits per heavy atom. The maximum absolute atomic E-state index is 12.4. The fraction of sp³-hybridized carbons (Fsp3) is 0.357. The molecule has 0 radical (unpaired) electrons. The van der Waals surface area contributed by atoms with Crippen molar-refractivity contribution in [2.45, 2.75) is 33.0 Å². The first-order chi connectivity index (χ1) is 10.1. The van der Waals surface area contributed by atoms with Crippen molar-refractivity contribution < 1.29 is 13.5 Å². The van der Waals surface area contributed by atoms with Crippen LogP contribution in [0.5, 0.6) is 5.75 Å². The Labute approximate surface area is 134 Å². The van der Waals surface area contributed by atoms with Crippen LogP contribution < -0.4 is 10.1 Å². The molecule has 0 aliphatic heterocycles. The number of aryl methyl sites for hydroxylation is 1. The van der Waals surface area contributed by atoms with Crippen LogP contribution in [0.15, 0.2) is 28.9 Å². The summed E-state index contributed by atoms with van der Waals surface area (Å²) in [7, 11) is 0. The SMILES string of the molecule is CCc1cnc(CNCc2cc(Br)ccc2OC(F)F)s1. The summed E-state index contributed by atoms with van der Waals surface area (Å²) in [6.45, 7) is 0.296. The zero-order chi connectivity index (χ0) is 15.2. The molecule has 0 saturated heterocycles. The number of aromatic nitrogens is 1. The molecule has 1 aromatic carbocycles. The molecule has 0 aliphatic rings. The van der Waals surface area contributed by atoms with E-state index in [4.69, 9.17) is 0 Å². The Bertz CT molecular complexity index is 592. The predicted molar refractivity (Wildman–Crippen MR) is 82.8 cm³/mol. The number of alkyl halides is 2. The van der Waals surface area contributed by atoms with E-state index in [-0.39, 0.29) is 5.75 Å². The summed E-state index contributed by atoms with van der Waals surface area (Å²) in [4.78, 5) is 5.53. The van der Waals surface area contributed by atoms with Crippen LogP contribution in [-0.2, 0) is 19.5 Å². The van der Waals surface area contributed by atoms with Gasteiger partial charge in [0.2, 0.25) is 0 Å². The monoisotopic (exact) mass is 376 g/mol. The molecule has 1 aromatic heterocycles. The number of rotatable bonds is 7. The predicted octanol–water partition coefficient (Wildman–Crippen LogP) is 4.36. The molecule has 0 atom stereocenters. The Hall–Kier alpha value is -1.05. The van der Waals surface area contributed by atoms with Gasteiger partial charge < -0.3 is 10.1 Å². The molecule has 2 aromatic rings. The fourth-order valence-corrected chi connectivity index (χ4v) is 3.03. The van der Waals surface area contributed by atoms with Crippen LogP contribution in [0.2, 0.25) is 0 Å². The van der Waals surface area contributed by atoms with Crippen molar-refractivity contribution in [2.75, 3.05) is 0 Å². The van der Waals surface area contributed by atoms with Gasteiger partial charge in [-0.15, -0.1) is 11.3 Å². The number of thiazole rings is 1. The van der Waals surface area contributed by atoms with Crippen LogP contribution in [0, 0.1) is 0 Å². The van der Waals surface area contributed by atoms with Gasteiger partial charge >= 0.3 is 6.61 Å². The van der Waals surface area contributed by atoms with Crippen molar-refractivity contribution in [2.24, 2.45) is 0 Å². The Morgan fingerprint density at radius 3 is 2.86 bits per heavy atom. The summed E-state index contributed by atoms with van der Waals surface area (Å²) < 4.78 is 30.1. The number of nitrogens with one attached hydrogen (secondary N) is 1. The summed E-state index contributed by atoms with van der Waals surface area (Å²) in [6, 6.07) is 4.98. The normalized spacial score (nSPS) is 11.1. The fourth-order valence-electron chi connectivity index (χ4n) is 1.79. The summed E-state index contributed by atoms with van der Waals surface area (Å²) >= 11 is 4.98. The van der Waals surface area contributed by atoms with E-state index in [2.05, 4.69) is 37.9 Å². The van der Waals surface area contributed by atoms with Gasteiger partial charge in [0.05, 0.1) is 0 Å². The first-order valence-electron chi connectivity index (χ1n) is 6.46. The summed E-state index contributed by atoms with van der Waals surface area (Å²) in [5, 5.41) is 4.18. The molecule has 1 N–H and O–H groups in total. The quantitative estimate of drug-likeness (QED) is 0.779. The van der Waals surface area contributed by atoms with Gasteiger partial charge in [-0.2, -0.15) is 8.78 Å². The topological polar surface area (TPSA) is 34.2 Å². The van der Waals surface area contributed by atoms with E-state index in [0.29, 0.717) is 18.7 Å². The third kappa shape index (κ3) is 5.01. The van der Waals surface area contributed by atoms with Crippen molar-refractivity contribution in [1.29, 1.82) is 0 Å². The highest BCUT2D eigenvalue weighted by Crippen LogP contribution is 2.25. The summed E-state index contributed by atoms with van der Waals surface area (Å²) in [6.07, 6.45) is 2.84. The van der Waals surface area contributed by atoms with Gasteiger partial charge in [0, 0.05) is 34.2 Å². The lowest BCUT2D eigenvalue weighted by molar-refractivity contribution is -0.0505. The van der Waals surface area contributed by atoms with E-state index in [1.165, 1.54) is 10.9 Å². The third-order valence-electron chi connectivity index (χ3n) is 2.78. The Kier molecular flexibility index (Phi) is 6.08. The molecule has 0 aliphatic carbocycles. The van der Waals surface area contributed by atoms with Crippen molar-refractivity contribution in [3.05, 3.63) is 44.3 Å². The molecule has 7 heteroatoms. The molecule has 0 bridgehead atoms. The largest absolute Gasteiger partial charge is 0.434 e. The lowest BCUT2D eigenvalue weighted by atomic mass is 10.2. The van der Waals surface area contributed by atoms with E-state index in [1.807, 2.05) is 6.20 Å². The minimum Gasteiger partial charge on any atom is -0.434 e. The maximum atomic E-state index is 12.4. The van der Waals surface area contributed by atoms with Crippen molar-refractivity contribution in [1.82, 2.24) is 10.3 Å².